The van der Waals surface area contributed by atoms with Crippen LogP contribution < -0.4 is 10.7 Å². The predicted octanol–water partition coefficient (Wildman–Crippen LogP) is -2.07. The lowest BCUT2D eigenvalue weighted by Crippen LogP contribution is -2.47. The molecular weight excluding hydrogens is 308 g/mol. The van der Waals surface area contributed by atoms with Crippen LogP contribution in [0.5, 0.6) is 0 Å². The number of hydrogen-bond donors (Lipinski definition) is 0. The Morgan fingerprint density at radius 1 is 0.955 bits per heavy atom. The number of sulfonamides is 1. The normalized spacial score (nSPS) is 20.2. The Bertz CT molecular complexity index is 870. The molecule has 1 aromatic rings. The van der Waals surface area contributed by atoms with E-state index in [1.807, 2.05) is 7.05 Å². The van der Waals surface area contributed by atoms with E-state index < -0.39 is 21.8 Å². The Balaban J connectivity index is 2.02. The van der Waals surface area contributed by atoms with Crippen molar-refractivity contribution < 1.29 is 18.0 Å². The molecule has 0 spiro atoms. The zero-order chi connectivity index (χ0) is 15.9. The van der Waals surface area contributed by atoms with Gasteiger partial charge in [0.1, 0.15) is 0 Å². The summed E-state index contributed by atoms with van der Waals surface area (Å²) in [5, 5.41) is 0.321. The van der Waals surface area contributed by atoms with Crippen LogP contribution in [0.25, 0.3) is 0 Å². The van der Waals surface area contributed by atoms with Crippen LogP contribution in [-0.4, -0.2) is 62.7 Å². The van der Waals surface area contributed by atoms with E-state index in [0.717, 1.165) is 0 Å². The number of benzene rings is 1. The van der Waals surface area contributed by atoms with Crippen molar-refractivity contribution >= 4 is 21.8 Å². The molecule has 1 saturated heterocycles. The first-order chi connectivity index (χ1) is 10.4. The van der Waals surface area contributed by atoms with Crippen LogP contribution >= 0.6 is 0 Å². The number of nitrogens with zero attached hydrogens (tertiary/aromatic N) is 4. The van der Waals surface area contributed by atoms with Gasteiger partial charge in [-0.15, -0.1) is 0 Å². The summed E-state index contributed by atoms with van der Waals surface area (Å²) in [5.74, 6) is -1.93. The Morgan fingerprint density at radius 2 is 1.55 bits per heavy atom. The Kier molecular flexibility index (Phi) is 3.63. The van der Waals surface area contributed by atoms with Crippen molar-refractivity contribution in [2.24, 2.45) is 9.98 Å². The van der Waals surface area contributed by atoms with Gasteiger partial charge in [-0.05, 0) is 25.2 Å². The molecule has 2 heterocycles. The fourth-order valence-electron chi connectivity index (χ4n) is 2.34. The highest BCUT2D eigenvalue weighted by molar-refractivity contribution is 7.89. The minimum Gasteiger partial charge on any atom is -0.304 e. The van der Waals surface area contributed by atoms with E-state index in [1.165, 1.54) is 22.5 Å². The Labute approximate surface area is 126 Å². The van der Waals surface area contributed by atoms with Crippen molar-refractivity contribution in [1.29, 1.82) is 0 Å². The van der Waals surface area contributed by atoms with E-state index in [1.54, 1.807) is 0 Å². The maximum absolute atomic E-state index is 12.6. The number of carbonyl (C=O) groups is 2. The van der Waals surface area contributed by atoms with E-state index in [-0.39, 0.29) is 15.6 Å². The Hall–Kier alpha value is -1.97. The fourth-order valence-corrected chi connectivity index (χ4v) is 3.78. The third kappa shape index (κ3) is 2.58. The van der Waals surface area contributed by atoms with Gasteiger partial charge >= 0.3 is 11.8 Å². The molecule has 2 aliphatic rings. The van der Waals surface area contributed by atoms with Crippen LogP contribution in [0.1, 0.15) is 0 Å². The SMILES string of the molecule is CN1CCN(S(=O)(=O)c2ccc3c(c2)=NC(=O)C(=O)N=3)CC1. The summed E-state index contributed by atoms with van der Waals surface area (Å²) in [4.78, 5) is 31.7. The summed E-state index contributed by atoms with van der Waals surface area (Å²) < 4.78 is 26.6. The Morgan fingerprint density at radius 3 is 2.18 bits per heavy atom. The number of fused-ring (bicyclic) bond motifs is 1. The van der Waals surface area contributed by atoms with Gasteiger partial charge in [0.25, 0.3) is 0 Å². The van der Waals surface area contributed by atoms with Gasteiger partial charge in [-0.2, -0.15) is 4.31 Å². The largest absolute Gasteiger partial charge is 0.338 e. The van der Waals surface area contributed by atoms with Crippen molar-refractivity contribution in [3.8, 4) is 0 Å². The molecule has 0 aromatic heterocycles. The molecule has 2 amide bonds. The minimum absolute atomic E-state index is 0.0527. The molecule has 1 aromatic carbocycles. The predicted molar refractivity (Wildman–Crippen MR) is 75.0 cm³/mol. The average Bonchev–Trinajstić information content (AvgIpc) is 2.48. The molecule has 2 aliphatic heterocycles. The number of piperazine rings is 1. The molecule has 116 valence electrons. The lowest BCUT2D eigenvalue weighted by atomic mass is 10.3. The first-order valence-corrected chi connectivity index (χ1v) is 8.16. The average molecular weight is 322 g/mol. The second-order valence-electron chi connectivity index (χ2n) is 5.19. The second-order valence-corrected chi connectivity index (χ2v) is 7.13. The number of rotatable bonds is 2. The monoisotopic (exact) mass is 322 g/mol. The molecule has 0 N–H and O–H groups in total. The van der Waals surface area contributed by atoms with E-state index in [4.69, 9.17) is 0 Å². The van der Waals surface area contributed by atoms with Gasteiger partial charge in [-0.25, -0.2) is 18.4 Å². The van der Waals surface area contributed by atoms with E-state index in [9.17, 15) is 18.0 Å². The molecule has 9 heteroatoms. The van der Waals surface area contributed by atoms with Crippen molar-refractivity contribution in [3.63, 3.8) is 0 Å². The first-order valence-electron chi connectivity index (χ1n) is 6.72. The van der Waals surface area contributed by atoms with Gasteiger partial charge in [0, 0.05) is 26.2 Å². The molecule has 8 nitrogen and oxygen atoms in total. The molecule has 1 fully saturated rings. The van der Waals surface area contributed by atoms with Crippen LogP contribution in [-0.2, 0) is 19.6 Å². The molecule has 3 rings (SSSR count). The van der Waals surface area contributed by atoms with Crippen LogP contribution in [0.4, 0.5) is 0 Å². The maximum atomic E-state index is 12.6. The molecule has 0 radical (unpaired) electrons. The van der Waals surface area contributed by atoms with Crippen LogP contribution in [0.15, 0.2) is 33.1 Å². The second kappa shape index (κ2) is 5.34. The number of carbonyl (C=O) groups excluding carboxylic acids is 2. The van der Waals surface area contributed by atoms with E-state index >= 15 is 0 Å². The van der Waals surface area contributed by atoms with Gasteiger partial charge in [0.2, 0.25) is 10.0 Å². The highest BCUT2D eigenvalue weighted by Crippen LogP contribution is 2.15. The van der Waals surface area contributed by atoms with Crippen LogP contribution in [0.2, 0.25) is 0 Å². The number of amides is 2. The molecular formula is C13H14N4O4S. The number of likely N-dealkylation sites (N-methyl/N-ethyl adjacent to an activating group) is 1. The van der Waals surface area contributed by atoms with Crippen molar-refractivity contribution in [2.75, 3.05) is 33.2 Å². The van der Waals surface area contributed by atoms with Gasteiger partial charge < -0.3 is 4.90 Å². The topological polar surface area (TPSA) is 99.5 Å². The zero-order valence-corrected chi connectivity index (χ0v) is 12.7. The van der Waals surface area contributed by atoms with Crippen LogP contribution in [0, 0.1) is 0 Å². The maximum Gasteiger partial charge on any atom is 0.338 e. The zero-order valence-electron chi connectivity index (χ0n) is 11.9. The molecule has 0 unspecified atom stereocenters. The van der Waals surface area contributed by atoms with E-state index in [0.29, 0.717) is 26.2 Å². The summed E-state index contributed by atoms with van der Waals surface area (Å²) in [5.41, 5.74) is 0. The van der Waals surface area contributed by atoms with Crippen molar-refractivity contribution in [1.82, 2.24) is 9.21 Å². The van der Waals surface area contributed by atoms with Gasteiger partial charge in [-0.1, -0.05) is 0 Å². The third-order valence-electron chi connectivity index (χ3n) is 3.67. The quantitative estimate of drug-likeness (QED) is 0.582. The number of hydrogen-bond acceptors (Lipinski definition) is 5. The summed E-state index contributed by atoms with van der Waals surface area (Å²) >= 11 is 0. The van der Waals surface area contributed by atoms with Gasteiger partial charge in [0.05, 0.1) is 15.6 Å². The van der Waals surface area contributed by atoms with Crippen molar-refractivity contribution in [3.05, 3.63) is 28.9 Å². The lowest BCUT2D eigenvalue weighted by Gasteiger charge is -2.31. The third-order valence-corrected chi connectivity index (χ3v) is 5.57. The summed E-state index contributed by atoms with van der Waals surface area (Å²) in [6.45, 7) is 2.15. The molecule has 0 aliphatic carbocycles. The summed E-state index contributed by atoms with van der Waals surface area (Å²) in [6, 6.07) is 4.07. The summed E-state index contributed by atoms with van der Waals surface area (Å²) in [7, 11) is -1.70. The standard InChI is InChI=1S/C13H14N4O4S/c1-16-4-6-17(7-5-16)22(20,21)9-2-3-10-11(8-9)15-13(19)12(18)14-10/h2-3,8H,4-7H2,1H3. The molecule has 22 heavy (non-hydrogen) atoms. The van der Waals surface area contributed by atoms with Gasteiger partial charge in [0.15, 0.2) is 0 Å². The summed E-state index contributed by atoms with van der Waals surface area (Å²) in [6.07, 6.45) is 0. The fraction of sp³-hybridized carbons (Fsp3) is 0.385. The van der Waals surface area contributed by atoms with Crippen LogP contribution in [0.3, 0.4) is 0 Å². The molecule has 0 saturated carbocycles. The molecule has 0 atom stereocenters. The smallest absolute Gasteiger partial charge is 0.304 e. The minimum atomic E-state index is -3.64. The highest BCUT2D eigenvalue weighted by atomic mass is 32.2. The lowest BCUT2D eigenvalue weighted by molar-refractivity contribution is -0.135. The van der Waals surface area contributed by atoms with Crippen molar-refractivity contribution in [2.45, 2.75) is 4.90 Å². The first kappa shape index (κ1) is 14.9. The van der Waals surface area contributed by atoms with E-state index in [2.05, 4.69) is 14.9 Å². The van der Waals surface area contributed by atoms with Gasteiger partial charge in [-0.3, -0.25) is 9.59 Å². The molecule has 0 bridgehead atoms. The highest BCUT2D eigenvalue weighted by Gasteiger charge is 2.28.